The Bertz CT molecular complexity index is 991. The monoisotopic (exact) mass is 450 g/mol. The lowest BCUT2D eigenvalue weighted by molar-refractivity contribution is -0.153. The maximum absolute atomic E-state index is 12.6. The zero-order chi connectivity index (χ0) is 23.4. The summed E-state index contributed by atoms with van der Waals surface area (Å²) in [5.41, 5.74) is 4.65. The second-order valence-electron chi connectivity index (χ2n) is 8.94. The number of hydrogen-bond donors (Lipinski definition) is 2. The topological polar surface area (TPSA) is 95.9 Å². The first-order valence-corrected chi connectivity index (χ1v) is 11.6. The Labute approximate surface area is 193 Å². The Kier molecular flexibility index (Phi) is 6.96. The number of nitrogens with one attached hydrogen (secondary N) is 1. The van der Waals surface area contributed by atoms with E-state index < -0.39 is 18.1 Å². The molecule has 0 aromatic heterocycles. The second-order valence-corrected chi connectivity index (χ2v) is 8.94. The number of alkyl carbamates (subject to hydrolysis) is 1. The van der Waals surface area contributed by atoms with Crippen molar-refractivity contribution in [3.05, 3.63) is 59.7 Å². The Morgan fingerprint density at radius 3 is 2.30 bits per heavy atom. The van der Waals surface area contributed by atoms with Gasteiger partial charge in [-0.15, -0.1) is 0 Å². The van der Waals surface area contributed by atoms with Gasteiger partial charge < -0.3 is 20.1 Å². The van der Waals surface area contributed by atoms with Crippen LogP contribution in [0.15, 0.2) is 48.5 Å². The van der Waals surface area contributed by atoms with Gasteiger partial charge in [-0.1, -0.05) is 55.5 Å². The van der Waals surface area contributed by atoms with Crippen molar-refractivity contribution in [3.8, 4) is 11.1 Å². The summed E-state index contributed by atoms with van der Waals surface area (Å²) in [6, 6.07) is 15.6. The molecular weight excluding hydrogens is 420 g/mol. The molecule has 2 aromatic rings. The molecule has 33 heavy (non-hydrogen) atoms. The van der Waals surface area contributed by atoms with E-state index in [0.717, 1.165) is 17.5 Å². The average molecular weight is 451 g/mol. The molecule has 2 atom stereocenters. The summed E-state index contributed by atoms with van der Waals surface area (Å²) in [6.45, 7) is 3.03. The van der Waals surface area contributed by atoms with Gasteiger partial charge in [0.25, 0.3) is 0 Å². The molecule has 2 aromatic carbocycles. The van der Waals surface area contributed by atoms with Gasteiger partial charge in [-0.25, -0.2) is 9.59 Å². The number of likely N-dealkylation sites (tertiary alicyclic amines) is 1. The van der Waals surface area contributed by atoms with Crippen molar-refractivity contribution >= 4 is 18.0 Å². The number of ether oxygens (including phenoxy) is 1. The molecule has 2 amide bonds. The summed E-state index contributed by atoms with van der Waals surface area (Å²) >= 11 is 0. The normalized spacial score (nSPS) is 19.5. The molecule has 174 valence electrons. The van der Waals surface area contributed by atoms with Crippen LogP contribution in [0.3, 0.4) is 0 Å². The van der Waals surface area contributed by atoms with E-state index in [9.17, 15) is 19.5 Å². The predicted molar refractivity (Wildman–Crippen MR) is 124 cm³/mol. The summed E-state index contributed by atoms with van der Waals surface area (Å²) in [4.78, 5) is 37.7. The molecule has 1 heterocycles. The average Bonchev–Trinajstić information content (AvgIpc) is 3.14. The van der Waals surface area contributed by atoms with E-state index in [0.29, 0.717) is 31.8 Å². The third-order valence-corrected chi connectivity index (χ3v) is 6.60. The van der Waals surface area contributed by atoms with Crippen molar-refractivity contribution in [2.75, 3.05) is 19.7 Å². The lowest BCUT2D eigenvalue weighted by Gasteiger charge is -2.36. The Morgan fingerprint density at radius 2 is 1.67 bits per heavy atom. The molecule has 7 heteroatoms. The summed E-state index contributed by atoms with van der Waals surface area (Å²) in [5, 5.41) is 12.1. The molecule has 4 rings (SSSR count). The number of amides is 2. The Morgan fingerprint density at radius 1 is 1.03 bits per heavy atom. The molecule has 1 saturated heterocycles. The minimum absolute atomic E-state index is 0.00114. The largest absolute Gasteiger partial charge is 0.480 e. The van der Waals surface area contributed by atoms with Gasteiger partial charge in [0.2, 0.25) is 5.91 Å². The summed E-state index contributed by atoms with van der Waals surface area (Å²) in [7, 11) is 0. The Hall–Kier alpha value is -3.35. The number of piperidine rings is 1. The van der Waals surface area contributed by atoms with Crippen LogP contribution in [-0.4, -0.2) is 53.7 Å². The van der Waals surface area contributed by atoms with Crippen LogP contribution in [0.25, 0.3) is 11.1 Å². The highest BCUT2D eigenvalue weighted by atomic mass is 16.5. The van der Waals surface area contributed by atoms with Crippen LogP contribution >= 0.6 is 0 Å². The molecule has 2 unspecified atom stereocenters. The van der Waals surface area contributed by atoms with Crippen molar-refractivity contribution < 1.29 is 24.2 Å². The highest BCUT2D eigenvalue weighted by Gasteiger charge is 2.34. The zero-order valence-electron chi connectivity index (χ0n) is 18.8. The lowest BCUT2D eigenvalue weighted by Crippen LogP contribution is -2.50. The molecule has 1 fully saturated rings. The van der Waals surface area contributed by atoms with Crippen molar-refractivity contribution in [2.24, 2.45) is 5.92 Å². The number of hydrogen-bond acceptors (Lipinski definition) is 4. The number of carbonyl (C=O) groups excluding carboxylic acids is 2. The molecule has 0 bridgehead atoms. The molecular formula is C26H30N2O5. The Balaban J connectivity index is 1.24. The SMILES string of the molecule is CC1CCC(C(=O)O)N(C(=O)CCCNC(=O)OCC2c3ccccc3-c3ccccc32)C1. The zero-order valence-corrected chi connectivity index (χ0v) is 18.8. The standard InChI is InChI=1S/C26H30N2O5/c1-17-12-13-23(25(30)31)28(15-17)24(29)11-6-14-27-26(32)33-16-22-20-9-4-2-7-18(20)19-8-3-5-10-21(19)22/h2-5,7-10,17,22-23H,6,11-16H2,1H3,(H,27,32)(H,30,31). The van der Waals surface area contributed by atoms with Gasteiger partial charge in [0.05, 0.1) is 0 Å². The maximum atomic E-state index is 12.6. The van der Waals surface area contributed by atoms with Crippen LogP contribution in [0.5, 0.6) is 0 Å². The van der Waals surface area contributed by atoms with E-state index in [-0.39, 0.29) is 24.9 Å². The van der Waals surface area contributed by atoms with Crippen molar-refractivity contribution in [1.29, 1.82) is 0 Å². The van der Waals surface area contributed by atoms with E-state index in [1.165, 1.54) is 16.0 Å². The van der Waals surface area contributed by atoms with Gasteiger partial charge in [-0.05, 0) is 47.4 Å². The van der Waals surface area contributed by atoms with Crippen molar-refractivity contribution in [2.45, 2.75) is 44.6 Å². The van der Waals surface area contributed by atoms with Crippen molar-refractivity contribution in [1.82, 2.24) is 10.2 Å². The van der Waals surface area contributed by atoms with E-state index in [4.69, 9.17) is 4.74 Å². The summed E-state index contributed by atoms with van der Waals surface area (Å²) < 4.78 is 5.50. The number of aliphatic carboxylic acids is 1. The number of benzene rings is 2. The molecule has 1 aliphatic carbocycles. The van der Waals surface area contributed by atoms with Crippen LogP contribution in [0.1, 0.15) is 49.7 Å². The molecule has 0 saturated carbocycles. The number of fused-ring (bicyclic) bond motifs is 3. The lowest BCUT2D eigenvalue weighted by atomic mass is 9.93. The quantitative estimate of drug-likeness (QED) is 0.621. The summed E-state index contributed by atoms with van der Waals surface area (Å²) in [6.07, 6.45) is 1.41. The first-order chi connectivity index (χ1) is 16.0. The second kappa shape index (κ2) is 10.1. The van der Waals surface area contributed by atoms with Gasteiger partial charge in [0, 0.05) is 25.4 Å². The fraction of sp³-hybridized carbons (Fsp3) is 0.423. The van der Waals surface area contributed by atoms with Gasteiger partial charge in [0.15, 0.2) is 0 Å². The first kappa shape index (κ1) is 22.8. The minimum atomic E-state index is -0.952. The maximum Gasteiger partial charge on any atom is 0.407 e. The van der Waals surface area contributed by atoms with E-state index >= 15 is 0 Å². The smallest absolute Gasteiger partial charge is 0.407 e. The van der Waals surface area contributed by atoms with E-state index in [1.54, 1.807) is 0 Å². The fourth-order valence-corrected chi connectivity index (χ4v) is 4.91. The molecule has 7 nitrogen and oxygen atoms in total. The van der Waals surface area contributed by atoms with E-state index in [1.807, 2.05) is 31.2 Å². The first-order valence-electron chi connectivity index (χ1n) is 11.6. The van der Waals surface area contributed by atoms with Gasteiger partial charge in [-0.3, -0.25) is 4.79 Å². The minimum Gasteiger partial charge on any atom is -0.480 e. The highest BCUT2D eigenvalue weighted by Crippen LogP contribution is 2.44. The molecule has 2 N–H and O–H groups in total. The van der Waals surface area contributed by atoms with Crippen LogP contribution in [0.2, 0.25) is 0 Å². The molecule has 2 aliphatic rings. The van der Waals surface area contributed by atoms with Gasteiger partial charge in [0.1, 0.15) is 12.6 Å². The third kappa shape index (κ3) is 5.02. The number of rotatable bonds is 7. The van der Waals surface area contributed by atoms with Gasteiger partial charge in [-0.2, -0.15) is 0 Å². The molecule has 1 aliphatic heterocycles. The molecule has 0 radical (unpaired) electrons. The van der Waals surface area contributed by atoms with Crippen LogP contribution < -0.4 is 5.32 Å². The number of nitrogens with zero attached hydrogens (tertiary/aromatic N) is 1. The highest BCUT2D eigenvalue weighted by molar-refractivity contribution is 5.84. The summed E-state index contributed by atoms with van der Waals surface area (Å²) in [5.74, 6) is -0.836. The number of carboxylic acid groups (broad SMARTS) is 1. The van der Waals surface area contributed by atoms with Crippen LogP contribution in [0.4, 0.5) is 4.79 Å². The van der Waals surface area contributed by atoms with Crippen LogP contribution in [0, 0.1) is 5.92 Å². The van der Waals surface area contributed by atoms with E-state index in [2.05, 4.69) is 29.6 Å². The van der Waals surface area contributed by atoms with Gasteiger partial charge >= 0.3 is 12.1 Å². The predicted octanol–water partition coefficient (Wildman–Crippen LogP) is 4.02. The fourth-order valence-electron chi connectivity index (χ4n) is 4.91. The van der Waals surface area contributed by atoms with Crippen LogP contribution in [-0.2, 0) is 14.3 Å². The van der Waals surface area contributed by atoms with Crippen molar-refractivity contribution in [3.63, 3.8) is 0 Å². The number of carboxylic acids is 1. The molecule has 0 spiro atoms. The number of carbonyl (C=O) groups is 3. The third-order valence-electron chi connectivity index (χ3n) is 6.60.